The van der Waals surface area contributed by atoms with Crippen molar-refractivity contribution in [1.29, 1.82) is 0 Å². The first kappa shape index (κ1) is 16.8. The van der Waals surface area contributed by atoms with Crippen molar-refractivity contribution in [3.8, 4) is 0 Å². The lowest BCUT2D eigenvalue weighted by molar-refractivity contribution is -0.139. The molecule has 1 spiro atoms. The minimum Gasteiger partial charge on any atom is -0.449 e. The normalized spacial score (nSPS) is 21.1. The molecule has 0 bridgehead atoms. The molecule has 0 aliphatic carbocycles. The molecule has 3 aromatic rings. The Morgan fingerprint density at radius 2 is 1.86 bits per heavy atom. The summed E-state index contributed by atoms with van der Waals surface area (Å²) < 4.78 is 12.3. The maximum Gasteiger partial charge on any atom is 0.420 e. The fraction of sp³-hybridized carbons (Fsp3) is 0.286. The van der Waals surface area contributed by atoms with E-state index in [0.717, 1.165) is 5.56 Å². The number of amides is 1. The van der Waals surface area contributed by atoms with Gasteiger partial charge in [-0.3, -0.25) is 9.36 Å². The number of hydrogen-bond acceptors (Lipinski definition) is 5. The number of fused-ring (bicyclic) bond motifs is 3. The number of carbonyl (C=O) groups is 2. The standard InChI is InChI=1S/C21H18N2O5/c24-18(12-23-16-8-3-4-9-17(16)27-20(23)26)22-11-5-10-21(13-22)15-7-2-1-6-14(15)19(25)28-21/h1-4,6-9H,5,10-13H2. The van der Waals surface area contributed by atoms with Gasteiger partial charge in [0, 0.05) is 12.1 Å². The quantitative estimate of drug-likeness (QED) is 0.639. The van der Waals surface area contributed by atoms with Crippen LogP contribution in [0.3, 0.4) is 0 Å². The van der Waals surface area contributed by atoms with E-state index in [0.29, 0.717) is 42.6 Å². The van der Waals surface area contributed by atoms with Gasteiger partial charge in [-0.05, 0) is 31.0 Å². The second-order valence-electron chi connectivity index (χ2n) is 7.27. The number of nitrogens with zero attached hydrogens (tertiary/aromatic N) is 2. The lowest BCUT2D eigenvalue weighted by atomic mass is 9.85. The van der Waals surface area contributed by atoms with Gasteiger partial charge in [0.2, 0.25) is 5.91 Å². The second-order valence-corrected chi connectivity index (χ2v) is 7.27. The molecule has 0 saturated carbocycles. The highest BCUT2D eigenvalue weighted by molar-refractivity contribution is 5.95. The van der Waals surface area contributed by atoms with Crippen LogP contribution in [0.2, 0.25) is 0 Å². The van der Waals surface area contributed by atoms with Crippen LogP contribution in [0.5, 0.6) is 0 Å². The maximum absolute atomic E-state index is 13.0. The number of likely N-dealkylation sites (tertiary alicyclic amines) is 1. The van der Waals surface area contributed by atoms with Gasteiger partial charge in [-0.15, -0.1) is 0 Å². The average molecular weight is 378 g/mol. The van der Waals surface area contributed by atoms with E-state index in [1.807, 2.05) is 12.1 Å². The molecule has 1 unspecified atom stereocenters. The molecule has 7 heteroatoms. The van der Waals surface area contributed by atoms with Crippen LogP contribution in [0.4, 0.5) is 0 Å². The van der Waals surface area contributed by atoms with Crippen LogP contribution >= 0.6 is 0 Å². The van der Waals surface area contributed by atoms with Crippen molar-refractivity contribution in [2.24, 2.45) is 0 Å². The lowest BCUT2D eigenvalue weighted by Gasteiger charge is -2.39. The van der Waals surface area contributed by atoms with Crippen LogP contribution in [0, 0.1) is 0 Å². The van der Waals surface area contributed by atoms with Gasteiger partial charge < -0.3 is 14.1 Å². The van der Waals surface area contributed by atoms with Gasteiger partial charge in [-0.25, -0.2) is 9.59 Å². The monoisotopic (exact) mass is 378 g/mol. The Bertz CT molecular complexity index is 1160. The highest BCUT2D eigenvalue weighted by Gasteiger charge is 2.48. The zero-order valence-electron chi connectivity index (χ0n) is 15.1. The fourth-order valence-electron chi connectivity index (χ4n) is 4.28. The number of benzene rings is 2. The van der Waals surface area contributed by atoms with Crippen molar-refractivity contribution in [1.82, 2.24) is 9.47 Å². The molecular formula is C21H18N2O5. The Morgan fingerprint density at radius 3 is 2.75 bits per heavy atom. The Balaban J connectivity index is 1.43. The molecule has 1 atom stereocenters. The molecule has 0 N–H and O–H groups in total. The van der Waals surface area contributed by atoms with E-state index in [1.54, 1.807) is 41.3 Å². The average Bonchev–Trinajstić information content (AvgIpc) is 3.16. The minimum atomic E-state index is -0.801. The van der Waals surface area contributed by atoms with Crippen LogP contribution in [0.15, 0.2) is 57.7 Å². The van der Waals surface area contributed by atoms with E-state index in [9.17, 15) is 14.4 Å². The third-order valence-electron chi connectivity index (χ3n) is 5.60. The van der Waals surface area contributed by atoms with Crippen molar-refractivity contribution in [3.05, 3.63) is 70.2 Å². The first-order valence-corrected chi connectivity index (χ1v) is 9.26. The number of esters is 1. The molecule has 142 valence electrons. The highest BCUT2D eigenvalue weighted by Crippen LogP contribution is 2.42. The number of rotatable bonds is 2. The Morgan fingerprint density at radius 1 is 1.07 bits per heavy atom. The predicted molar refractivity (Wildman–Crippen MR) is 99.8 cm³/mol. The molecule has 5 rings (SSSR count). The van der Waals surface area contributed by atoms with E-state index in [2.05, 4.69) is 0 Å². The molecule has 1 amide bonds. The van der Waals surface area contributed by atoms with Crippen molar-refractivity contribution < 1.29 is 18.7 Å². The minimum absolute atomic E-state index is 0.110. The lowest BCUT2D eigenvalue weighted by Crippen LogP contribution is -2.49. The summed E-state index contributed by atoms with van der Waals surface area (Å²) in [5, 5.41) is 0. The summed E-state index contributed by atoms with van der Waals surface area (Å²) in [7, 11) is 0. The SMILES string of the molecule is O=C1OC2(CCCN(C(=O)Cn3c(=O)oc4ccccc43)C2)c2ccccc21. The molecule has 1 fully saturated rings. The molecular weight excluding hydrogens is 360 g/mol. The first-order chi connectivity index (χ1) is 13.6. The number of aromatic nitrogens is 1. The highest BCUT2D eigenvalue weighted by atomic mass is 16.6. The van der Waals surface area contributed by atoms with E-state index >= 15 is 0 Å². The van der Waals surface area contributed by atoms with Gasteiger partial charge >= 0.3 is 11.7 Å². The number of oxazole rings is 1. The van der Waals surface area contributed by atoms with Gasteiger partial charge in [0.05, 0.1) is 17.6 Å². The van der Waals surface area contributed by atoms with Gasteiger partial charge in [-0.2, -0.15) is 0 Å². The fourth-order valence-corrected chi connectivity index (χ4v) is 4.28. The first-order valence-electron chi connectivity index (χ1n) is 9.26. The van der Waals surface area contributed by atoms with Gasteiger partial charge in [0.1, 0.15) is 6.54 Å². The smallest absolute Gasteiger partial charge is 0.420 e. The number of para-hydroxylation sites is 2. The van der Waals surface area contributed by atoms with Crippen molar-refractivity contribution in [2.75, 3.05) is 13.1 Å². The zero-order valence-corrected chi connectivity index (χ0v) is 15.1. The summed E-state index contributed by atoms with van der Waals surface area (Å²) in [5.74, 6) is -1.10. The Kier molecular flexibility index (Phi) is 3.65. The molecule has 2 aliphatic rings. The van der Waals surface area contributed by atoms with Crippen molar-refractivity contribution in [3.63, 3.8) is 0 Å². The van der Waals surface area contributed by atoms with Crippen molar-refractivity contribution in [2.45, 2.75) is 25.0 Å². The van der Waals surface area contributed by atoms with Crippen molar-refractivity contribution >= 4 is 23.0 Å². The second kappa shape index (κ2) is 6.09. The summed E-state index contributed by atoms with van der Waals surface area (Å²) in [4.78, 5) is 39.1. The number of carbonyl (C=O) groups excluding carboxylic acids is 2. The van der Waals surface area contributed by atoms with Gasteiger partial charge in [0.15, 0.2) is 11.2 Å². The zero-order chi connectivity index (χ0) is 19.3. The summed E-state index contributed by atoms with van der Waals surface area (Å²) in [5.41, 5.74) is 1.64. The predicted octanol–water partition coefficient (Wildman–Crippen LogP) is 2.28. The van der Waals surface area contributed by atoms with E-state index in [4.69, 9.17) is 9.15 Å². The summed E-state index contributed by atoms with van der Waals surface area (Å²) in [6.07, 6.45) is 1.39. The Labute approximate surface area is 160 Å². The molecule has 3 heterocycles. The number of ether oxygens (including phenoxy) is 1. The van der Waals surface area contributed by atoms with Gasteiger partial charge in [0.25, 0.3) is 0 Å². The topological polar surface area (TPSA) is 81.8 Å². The van der Waals surface area contributed by atoms with E-state index < -0.39 is 11.4 Å². The summed E-state index contributed by atoms with van der Waals surface area (Å²) >= 11 is 0. The van der Waals surface area contributed by atoms with Crippen LogP contribution in [-0.2, 0) is 21.7 Å². The summed E-state index contributed by atoms with van der Waals surface area (Å²) in [6.45, 7) is 0.742. The summed E-state index contributed by atoms with van der Waals surface area (Å²) in [6, 6.07) is 14.3. The number of piperidine rings is 1. The van der Waals surface area contributed by atoms with Crippen LogP contribution < -0.4 is 5.76 Å². The molecule has 7 nitrogen and oxygen atoms in total. The molecule has 2 aliphatic heterocycles. The van der Waals surface area contributed by atoms with Crippen LogP contribution in [0.1, 0.15) is 28.8 Å². The Hall–Kier alpha value is -3.35. The molecule has 1 saturated heterocycles. The van der Waals surface area contributed by atoms with Crippen LogP contribution in [0.25, 0.3) is 11.1 Å². The molecule has 1 aromatic heterocycles. The third kappa shape index (κ3) is 2.46. The van der Waals surface area contributed by atoms with E-state index in [1.165, 1.54) is 4.57 Å². The molecule has 2 aromatic carbocycles. The maximum atomic E-state index is 13.0. The van der Waals surface area contributed by atoms with Crippen LogP contribution in [-0.4, -0.2) is 34.4 Å². The number of hydrogen-bond donors (Lipinski definition) is 0. The van der Waals surface area contributed by atoms with Gasteiger partial charge in [-0.1, -0.05) is 30.3 Å². The largest absolute Gasteiger partial charge is 0.449 e. The molecule has 0 radical (unpaired) electrons. The third-order valence-corrected chi connectivity index (χ3v) is 5.60. The molecule has 28 heavy (non-hydrogen) atoms. The van der Waals surface area contributed by atoms with E-state index in [-0.39, 0.29) is 18.4 Å².